The number of nitrogens with zero attached hydrogens (tertiary/aromatic N) is 2. The van der Waals surface area contributed by atoms with Crippen LogP contribution in [0.3, 0.4) is 0 Å². The second-order valence-electron chi connectivity index (χ2n) is 6.64. The Morgan fingerprint density at radius 1 is 1.12 bits per heavy atom. The van der Waals surface area contributed by atoms with E-state index in [9.17, 15) is 4.39 Å². The van der Waals surface area contributed by atoms with Crippen LogP contribution in [0.15, 0.2) is 61.1 Å². The summed E-state index contributed by atoms with van der Waals surface area (Å²) in [6.45, 7) is 4.30. The van der Waals surface area contributed by atoms with Crippen LogP contribution in [-0.2, 0) is 0 Å². The smallest absolute Gasteiger partial charge is 0.125 e. The van der Waals surface area contributed by atoms with Crippen LogP contribution in [0.1, 0.15) is 44.9 Å². The topological polar surface area (TPSA) is 16.1 Å². The van der Waals surface area contributed by atoms with Crippen molar-refractivity contribution in [3.63, 3.8) is 0 Å². The Balaban J connectivity index is 1.77. The maximum atomic E-state index is 13.7. The van der Waals surface area contributed by atoms with Gasteiger partial charge in [-0.05, 0) is 49.1 Å². The summed E-state index contributed by atoms with van der Waals surface area (Å²) in [7, 11) is 0. The number of hydrogen-bond donors (Lipinski definition) is 0. The molecule has 126 valence electrons. The fraction of sp³-hybridized carbons (Fsp3) is 0.381. The zero-order valence-electron chi connectivity index (χ0n) is 14.1. The van der Waals surface area contributed by atoms with E-state index in [2.05, 4.69) is 11.6 Å². The number of benzene rings is 1. The Bertz CT molecular complexity index is 663. The lowest BCUT2D eigenvalue weighted by Gasteiger charge is -2.29. The lowest BCUT2D eigenvalue weighted by atomic mass is 9.86. The van der Waals surface area contributed by atoms with Gasteiger partial charge in [0.05, 0.1) is 11.9 Å². The first-order valence-electron chi connectivity index (χ1n) is 8.87. The summed E-state index contributed by atoms with van der Waals surface area (Å²) in [5, 5.41) is 0. The van der Waals surface area contributed by atoms with Crippen LogP contribution in [0.25, 0.3) is 0 Å². The van der Waals surface area contributed by atoms with Crippen molar-refractivity contribution in [1.82, 2.24) is 4.98 Å². The van der Waals surface area contributed by atoms with Gasteiger partial charge in [0.2, 0.25) is 0 Å². The molecule has 0 amide bonds. The molecule has 0 radical (unpaired) electrons. The lowest BCUT2D eigenvalue weighted by molar-refractivity contribution is 0.339. The first-order chi connectivity index (χ1) is 11.7. The van der Waals surface area contributed by atoms with Gasteiger partial charge < -0.3 is 4.90 Å². The number of hydrogen-bond acceptors (Lipinski definition) is 2. The van der Waals surface area contributed by atoms with Crippen molar-refractivity contribution in [2.75, 3.05) is 4.90 Å². The van der Waals surface area contributed by atoms with Crippen molar-refractivity contribution in [3.05, 3.63) is 66.9 Å². The Hall–Kier alpha value is -2.16. The van der Waals surface area contributed by atoms with Crippen LogP contribution in [0.2, 0.25) is 0 Å². The molecule has 0 atom stereocenters. The highest BCUT2D eigenvalue weighted by molar-refractivity contribution is 5.67. The summed E-state index contributed by atoms with van der Waals surface area (Å²) < 4.78 is 13.7. The summed E-state index contributed by atoms with van der Waals surface area (Å²) in [5.74, 6) is 0.570. The maximum absolute atomic E-state index is 13.7. The number of halogens is 1. The van der Waals surface area contributed by atoms with E-state index in [-0.39, 0.29) is 5.82 Å². The third-order valence-corrected chi connectivity index (χ3v) is 4.85. The Morgan fingerprint density at radius 3 is 2.62 bits per heavy atom. The molecule has 24 heavy (non-hydrogen) atoms. The fourth-order valence-corrected chi connectivity index (χ4v) is 3.57. The Morgan fingerprint density at radius 2 is 1.92 bits per heavy atom. The Labute approximate surface area is 144 Å². The number of pyridine rings is 1. The molecule has 0 N–H and O–H groups in total. The molecule has 2 nitrogen and oxygen atoms in total. The second kappa shape index (κ2) is 8.09. The summed E-state index contributed by atoms with van der Waals surface area (Å²) in [6, 6.07) is 10.6. The molecule has 0 saturated heterocycles. The molecule has 1 saturated carbocycles. The summed E-state index contributed by atoms with van der Waals surface area (Å²) in [5.41, 5.74) is 2.73. The van der Waals surface area contributed by atoms with Gasteiger partial charge in [0.15, 0.2) is 0 Å². The molecule has 2 aromatic rings. The molecule has 0 unspecified atom stereocenters. The molecule has 1 heterocycles. The quantitative estimate of drug-likeness (QED) is 0.626. The average Bonchev–Trinajstić information content (AvgIpc) is 2.62. The highest BCUT2D eigenvalue weighted by Gasteiger charge is 2.17. The number of aromatic nitrogens is 1. The third kappa shape index (κ3) is 4.22. The van der Waals surface area contributed by atoms with Crippen molar-refractivity contribution >= 4 is 11.4 Å². The molecule has 1 aliphatic carbocycles. The molecule has 1 aromatic heterocycles. The van der Waals surface area contributed by atoms with Crippen LogP contribution in [0.4, 0.5) is 15.8 Å². The van der Waals surface area contributed by atoms with Gasteiger partial charge in [0, 0.05) is 17.6 Å². The average molecular weight is 324 g/mol. The van der Waals surface area contributed by atoms with Crippen molar-refractivity contribution < 1.29 is 4.39 Å². The van der Waals surface area contributed by atoms with E-state index in [0.29, 0.717) is 0 Å². The first kappa shape index (κ1) is 16.7. The molecule has 1 aliphatic rings. The van der Waals surface area contributed by atoms with E-state index in [1.54, 1.807) is 24.5 Å². The van der Waals surface area contributed by atoms with Gasteiger partial charge in [-0.3, -0.25) is 4.98 Å². The van der Waals surface area contributed by atoms with Gasteiger partial charge in [-0.2, -0.15) is 0 Å². The van der Waals surface area contributed by atoms with Crippen molar-refractivity contribution in [3.8, 4) is 0 Å². The SMILES string of the molecule is C=C(CCC1CCCCC1)N(c1cccnc1)c1cccc(F)c1. The van der Waals surface area contributed by atoms with E-state index in [1.807, 2.05) is 23.1 Å². The van der Waals surface area contributed by atoms with Gasteiger partial charge >= 0.3 is 0 Å². The zero-order valence-corrected chi connectivity index (χ0v) is 14.1. The first-order valence-corrected chi connectivity index (χ1v) is 8.87. The largest absolute Gasteiger partial charge is 0.313 e. The molecule has 0 aliphatic heterocycles. The van der Waals surface area contributed by atoms with E-state index in [1.165, 1.54) is 38.2 Å². The molecule has 3 rings (SSSR count). The van der Waals surface area contributed by atoms with Gasteiger partial charge in [-0.15, -0.1) is 0 Å². The zero-order chi connectivity index (χ0) is 16.8. The van der Waals surface area contributed by atoms with Crippen LogP contribution < -0.4 is 4.90 Å². The standard InChI is InChI=1S/C21H25FN2/c1-17(12-13-18-7-3-2-4-8-18)24(21-11-6-14-23-16-21)20-10-5-9-19(22)15-20/h5-6,9-11,14-16,18H,1-4,7-8,12-13H2. The summed E-state index contributed by atoms with van der Waals surface area (Å²) >= 11 is 0. The molecular formula is C21H25FN2. The number of anilines is 2. The number of rotatable bonds is 6. The summed E-state index contributed by atoms with van der Waals surface area (Å²) in [6.07, 6.45) is 12.4. The van der Waals surface area contributed by atoms with Gasteiger partial charge in [-0.1, -0.05) is 44.7 Å². The minimum absolute atomic E-state index is 0.235. The van der Waals surface area contributed by atoms with Crippen molar-refractivity contribution in [2.24, 2.45) is 5.92 Å². The van der Waals surface area contributed by atoms with Crippen LogP contribution in [-0.4, -0.2) is 4.98 Å². The number of allylic oxidation sites excluding steroid dienone is 1. The highest BCUT2D eigenvalue weighted by atomic mass is 19.1. The van der Waals surface area contributed by atoms with Gasteiger partial charge in [0.25, 0.3) is 0 Å². The van der Waals surface area contributed by atoms with E-state index in [0.717, 1.165) is 35.8 Å². The predicted octanol–water partition coefficient (Wildman–Crippen LogP) is 6.23. The molecular weight excluding hydrogens is 299 g/mol. The fourth-order valence-electron chi connectivity index (χ4n) is 3.57. The van der Waals surface area contributed by atoms with E-state index in [4.69, 9.17) is 0 Å². The van der Waals surface area contributed by atoms with E-state index >= 15 is 0 Å². The second-order valence-corrected chi connectivity index (χ2v) is 6.64. The molecule has 1 aromatic carbocycles. The van der Waals surface area contributed by atoms with Crippen LogP contribution in [0.5, 0.6) is 0 Å². The van der Waals surface area contributed by atoms with Crippen molar-refractivity contribution in [1.29, 1.82) is 0 Å². The third-order valence-electron chi connectivity index (χ3n) is 4.85. The predicted molar refractivity (Wildman–Crippen MR) is 97.7 cm³/mol. The molecule has 1 fully saturated rings. The minimum atomic E-state index is -0.235. The normalized spacial score (nSPS) is 15.2. The van der Waals surface area contributed by atoms with Gasteiger partial charge in [0.1, 0.15) is 5.82 Å². The van der Waals surface area contributed by atoms with Crippen molar-refractivity contribution in [2.45, 2.75) is 44.9 Å². The minimum Gasteiger partial charge on any atom is -0.313 e. The molecule has 0 spiro atoms. The monoisotopic (exact) mass is 324 g/mol. The lowest BCUT2D eigenvalue weighted by Crippen LogP contribution is -2.17. The highest BCUT2D eigenvalue weighted by Crippen LogP contribution is 2.33. The molecule has 0 bridgehead atoms. The van der Waals surface area contributed by atoms with Crippen LogP contribution in [0, 0.1) is 11.7 Å². The van der Waals surface area contributed by atoms with Crippen LogP contribution >= 0.6 is 0 Å². The summed E-state index contributed by atoms with van der Waals surface area (Å²) in [4.78, 5) is 6.24. The Kier molecular flexibility index (Phi) is 5.63. The molecule has 3 heteroatoms. The van der Waals surface area contributed by atoms with E-state index < -0.39 is 0 Å². The maximum Gasteiger partial charge on any atom is 0.125 e. The van der Waals surface area contributed by atoms with Gasteiger partial charge in [-0.25, -0.2) is 4.39 Å².